The molecule has 0 spiro atoms. The molecular formula is C30H27F2N3O3. The molecular weight excluding hydrogens is 488 g/mol. The Morgan fingerprint density at radius 2 is 1.71 bits per heavy atom. The van der Waals surface area contributed by atoms with Crippen LogP contribution in [0.15, 0.2) is 72.8 Å². The number of halogens is 2. The van der Waals surface area contributed by atoms with Gasteiger partial charge in [0.15, 0.2) is 0 Å². The molecule has 8 heteroatoms. The lowest BCUT2D eigenvalue weighted by molar-refractivity contribution is -0.146. The third-order valence-corrected chi connectivity index (χ3v) is 6.79. The molecule has 4 rings (SSSR count). The van der Waals surface area contributed by atoms with Gasteiger partial charge in [-0.15, -0.1) is 6.42 Å². The third kappa shape index (κ3) is 5.42. The van der Waals surface area contributed by atoms with Crippen LogP contribution >= 0.6 is 0 Å². The van der Waals surface area contributed by atoms with Crippen molar-refractivity contribution in [3.63, 3.8) is 0 Å². The number of hydrogen-bond acceptors (Lipinski definition) is 3. The lowest BCUT2D eigenvalue weighted by atomic mass is 9.84. The number of anilines is 1. The number of amides is 3. The number of primary amides is 1. The number of nitrogens with two attached hydrogens (primary N) is 1. The van der Waals surface area contributed by atoms with E-state index in [0.29, 0.717) is 18.2 Å². The van der Waals surface area contributed by atoms with Gasteiger partial charge in [0.2, 0.25) is 11.8 Å². The van der Waals surface area contributed by atoms with Crippen LogP contribution in [0.1, 0.15) is 29.5 Å². The fourth-order valence-corrected chi connectivity index (χ4v) is 5.04. The predicted octanol–water partition coefficient (Wildman–Crippen LogP) is 3.58. The Labute approximate surface area is 220 Å². The van der Waals surface area contributed by atoms with Gasteiger partial charge in [0, 0.05) is 17.7 Å². The SMILES string of the molecule is C#CCN1C(=O)[C@H](N(C(=O)Cc2cc(F)cc(F)c2)[C@@H](C)C(N)=O)C(c2ccccc2)Cc2ccccc21. The zero-order chi connectivity index (χ0) is 27.4. The van der Waals surface area contributed by atoms with Crippen LogP contribution in [0.5, 0.6) is 0 Å². The molecule has 0 radical (unpaired) electrons. The van der Waals surface area contributed by atoms with Crippen molar-refractivity contribution in [2.75, 3.05) is 11.4 Å². The minimum Gasteiger partial charge on any atom is -0.368 e. The summed E-state index contributed by atoms with van der Waals surface area (Å²) in [6.07, 6.45) is 5.54. The fraction of sp³-hybridized carbons (Fsp3) is 0.233. The van der Waals surface area contributed by atoms with Gasteiger partial charge < -0.3 is 10.6 Å². The summed E-state index contributed by atoms with van der Waals surface area (Å²) in [4.78, 5) is 43.1. The molecule has 2 N–H and O–H groups in total. The van der Waals surface area contributed by atoms with Crippen LogP contribution in [0, 0.1) is 24.0 Å². The van der Waals surface area contributed by atoms with Crippen LogP contribution in [0.3, 0.4) is 0 Å². The first-order chi connectivity index (χ1) is 18.2. The first-order valence-corrected chi connectivity index (χ1v) is 12.1. The molecule has 1 aliphatic heterocycles. The molecule has 1 aliphatic rings. The quantitative estimate of drug-likeness (QED) is 0.489. The van der Waals surface area contributed by atoms with Crippen LogP contribution in [-0.2, 0) is 27.2 Å². The molecule has 0 bridgehead atoms. The lowest BCUT2D eigenvalue weighted by Gasteiger charge is -2.39. The number of carbonyl (C=O) groups is 3. The zero-order valence-electron chi connectivity index (χ0n) is 20.8. The van der Waals surface area contributed by atoms with E-state index in [1.54, 1.807) is 12.1 Å². The average Bonchev–Trinajstić information content (AvgIpc) is 2.99. The van der Waals surface area contributed by atoms with Crippen LogP contribution in [-0.4, -0.2) is 41.2 Å². The molecule has 3 aromatic carbocycles. The molecule has 1 heterocycles. The Morgan fingerprint density at radius 3 is 2.34 bits per heavy atom. The van der Waals surface area contributed by atoms with Crippen molar-refractivity contribution in [2.24, 2.45) is 5.73 Å². The number of terminal acetylenes is 1. The maximum absolute atomic E-state index is 14.3. The molecule has 194 valence electrons. The number of benzene rings is 3. The summed E-state index contributed by atoms with van der Waals surface area (Å²) < 4.78 is 27.8. The number of nitrogens with zero attached hydrogens (tertiary/aromatic N) is 2. The minimum absolute atomic E-state index is 0.0596. The smallest absolute Gasteiger partial charge is 0.251 e. The van der Waals surface area contributed by atoms with Crippen molar-refractivity contribution in [2.45, 2.75) is 37.8 Å². The largest absolute Gasteiger partial charge is 0.368 e. The molecule has 3 atom stereocenters. The zero-order valence-corrected chi connectivity index (χ0v) is 20.8. The first-order valence-electron chi connectivity index (χ1n) is 12.1. The van der Waals surface area contributed by atoms with Crippen LogP contribution < -0.4 is 10.6 Å². The molecule has 6 nitrogen and oxygen atoms in total. The van der Waals surface area contributed by atoms with Crippen LogP contribution in [0.4, 0.5) is 14.5 Å². The summed E-state index contributed by atoms with van der Waals surface area (Å²) in [6.45, 7) is 1.38. The maximum Gasteiger partial charge on any atom is 0.251 e. The van der Waals surface area contributed by atoms with E-state index < -0.39 is 53.8 Å². The van der Waals surface area contributed by atoms with Crippen molar-refractivity contribution >= 4 is 23.4 Å². The summed E-state index contributed by atoms with van der Waals surface area (Å²) in [6, 6.07) is 16.9. The van der Waals surface area contributed by atoms with E-state index in [1.165, 1.54) is 11.8 Å². The molecule has 0 aliphatic carbocycles. The van der Waals surface area contributed by atoms with Gasteiger partial charge in [0.25, 0.3) is 5.91 Å². The highest BCUT2D eigenvalue weighted by molar-refractivity contribution is 6.03. The number of rotatable bonds is 7. The van der Waals surface area contributed by atoms with E-state index >= 15 is 0 Å². The second-order valence-corrected chi connectivity index (χ2v) is 9.26. The van der Waals surface area contributed by atoms with E-state index in [2.05, 4.69) is 5.92 Å². The van der Waals surface area contributed by atoms with Gasteiger partial charge in [-0.3, -0.25) is 19.3 Å². The number of fused-ring (bicyclic) bond motifs is 1. The second-order valence-electron chi connectivity index (χ2n) is 9.26. The van der Waals surface area contributed by atoms with Gasteiger partial charge in [-0.25, -0.2) is 8.78 Å². The van der Waals surface area contributed by atoms with E-state index in [4.69, 9.17) is 12.2 Å². The Hall–Kier alpha value is -4.51. The number of hydrogen-bond donors (Lipinski definition) is 1. The fourth-order valence-electron chi connectivity index (χ4n) is 5.04. The lowest BCUT2D eigenvalue weighted by Crippen LogP contribution is -2.59. The third-order valence-electron chi connectivity index (χ3n) is 6.79. The van der Waals surface area contributed by atoms with E-state index in [0.717, 1.165) is 28.2 Å². The summed E-state index contributed by atoms with van der Waals surface area (Å²) in [7, 11) is 0. The normalized spacial score (nSPS) is 17.6. The van der Waals surface area contributed by atoms with E-state index in [-0.39, 0.29) is 12.1 Å². The average molecular weight is 516 g/mol. The number of para-hydroxylation sites is 1. The second kappa shape index (κ2) is 11.3. The van der Waals surface area contributed by atoms with Crippen molar-refractivity contribution in [1.29, 1.82) is 0 Å². The summed E-state index contributed by atoms with van der Waals surface area (Å²) in [5.74, 6) is -1.72. The molecule has 0 fully saturated rings. The van der Waals surface area contributed by atoms with Crippen molar-refractivity contribution in [3.05, 3.63) is 101 Å². The summed E-state index contributed by atoms with van der Waals surface area (Å²) in [5.41, 5.74) is 7.96. The Kier molecular flexibility index (Phi) is 7.87. The molecule has 1 unspecified atom stereocenters. The van der Waals surface area contributed by atoms with Gasteiger partial charge in [-0.1, -0.05) is 54.5 Å². The number of carbonyl (C=O) groups excluding carboxylic acids is 3. The Balaban J connectivity index is 1.88. The van der Waals surface area contributed by atoms with Gasteiger partial charge in [-0.2, -0.15) is 0 Å². The van der Waals surface area contributed by atoms with Crippen molar-refractivity contribution in [3.8, 4) is 12.3 Å². The first kappa shape index (κ1) is 26.6. The Morgan fingerprint density at radius 1 is 1.08 bits per heavy atom. The molecule has 38 heavy (non-hydrogen) atoms. The van der Waals surface area contributed by atoms with Crippen LogP contribution in [0.25, 0.3) is 0 Å². The summed E-state index contributed by atoms with van der Waals surface area (Å²) in [5, 5.41) is 0. The van der Waals surface area contributed by atoms with Crippen molar-refractivity contribution in [1.82, 2.24) is 4.90 Å². The highest BCUT2D eigenvalue weighted by Crippen LogP contribution is 2.38. The highest BCUT2D eigenvalue weighted by atomic mass is 19.1. The van der Waals surface area contributed by atoms with Gasteiger partial charge in [0.1, 0.15) is 23.7 Å². The van der Waals surface area contributed by atoms with Gasteiger partial charge >= 0.3 is 0 Å². The standard InChI is InChI=1S/C30H27F2N3O3/c1-3-13-34-26-12-8-7-11-22(26)17-25(21-9-5-4-6-10-21)28(30(34)38)35(19(2)29(33)37)27(36)16-20-14-23(31)18-24(32)15-20/h1,4-12,14-15,18-19,25,28H,13,16-17H2,2H3,(H2,33,37)/t19-,25?,28+/m0/s1. The highest BCUT2D eigenvalue weighted by Gasteiger charge is 2.45. The van der Waals surface area contributed by atoms with Crippen LogP contribution in [0.2, 0.25) is 0 Å². The molecule has 3 aromatic rings. The maximum atomic E-state index is 14.3. The molecule has 0 saturated carbocycles. The topological polar surface area (TPSA) is 83.7 Å². The van der Waals surface area contributed by atoms with Crippen molar-refractivity contribution < 1.29 is 23.2 Å². The minimum atomic E-state index is -1.20. The Bertz CT molecular complexity index is 1380. The predicted molar refractivity (Wildman–Crippen MR) is 140 cm³/mol. The van der Waals surface area contributed by atoms with E-state index in [1.807, 2.05) is 42.5 Å². The van der Waals surface area contributed by atoms with E-state index in [9.17, 15) is 23.2 Å². The van der Waals surface area contributed by atoms with Gasteiger partial charge in [-0.05, 0) is 48.2 Å². The molecule has 0 saturated heterocycles. The molecule has 0 aromatic heterocycles. The summed E-state index contributed by atoms with van der Waals surface area (Å²) >= 11 is 0. The van der Waals surface area contributed by atoms with Gasteiger partial charge in [0.05, 0.1) is 13.0 Å². The monoisotopic (exact) mass is 515 g/mol. The molecule has 3 amide bonds.